The molecule has 0 aliphatic heterocycles. The molecule has 3 heteroatoms. The molecule has 0 aliphatic rings. The van der Waals surface area contributed by atoms with Crippen LogP contribution < -0.4 is 0 Å². The van der Waals surface area contributed by atoms with Crippen molar-refractivity contribution in [2.45, 2.75) is 0 Å². The maximum absolute atomic E-state index is 9.19. The molecule has 0 heterocycles. The van der Waals surface area contributed by atoms with E-state index >= 15 is 0 Å². The Morgan fingerprint density at radius 3 is 2.25 bits per heavy atom. The van der Waals surface area contributed by atoms with Crippen molar-refractivity contribution in [1.29, 1.82) is 0 Å². The molecule has 4 heavy (non-hydrogen) atoms. The van der Waals surface area contributed by atoms with Crippen LogP contribution in [0.4, 0.5) is 0 Å². The predicted molar refractivity (Wildman–Crippen MR) is 21.5 cm³/mol. The van der Waals surface area contributed by atoms with E-state index in [2.05, 4.69) is 12.6 Å². The second-order valence-corrected chi connectivity index (χ2v) is 1.66. The molecular formula is CH3OPS. The van der Waals surface area contributed by atoms with E-state index in [1.165, 1.54) is 0 Å². The summed E-state index contributed by atoms with van der Waals surface area (Å²) < 4.78 is 9.19. The third-order valence-corrected chi connectivity index (χ3v) is 0.520. The monoisotopic (exact) mass is 94.0 g/mol. The van der Waals surface area contributed by atoms with Crippen LogP contribution in [0.25, 0.3) is 0 Å². The van der Waals surface area contributed by atoms with E-state index in [1.807, 2.05) is 0 Å². The van der Waals surface area contributed by atoms with Gasteiger partial charge in [0.1, 0.15) is 0 Å². The highest BCUT2D eigenvalue weighted by molar-refractivity contribution is 7.85. The maximum atomic E-state index is 9.19. The highest BCUT2D eigenvalue weighted by Crippen LogP contribution is 1.89. The van der Waals surface area contributed by atoms with Crippen LogP contribution in [-0.2, 0) is 4.57 Å². The molecule has 0 aromatic heterocycles. The number of thiol groups is 1. The van der Waals surface area contributed by atoms with Gasteiger partial charge >= 0.3 is 0 Å². The van der Waals surface area contributed by atoms with Crippen LogP contribution in [0, 0.1) is 0 Å². The van der Waals surface area contributed by atoms with Crippen molar-refractivity contribution < 1.29 is 4.57 Å². The summed E-state index contributed by atoms with van der Waals surface area (Å²) in [6.07, 6.45) is 0. The van der Waals surface area contributed by atoms with Gasteiger partial charge in [-0.2, -0.15) is 12.6 Å². The third kappa shape index (κ3) is 2.45. The van der Waals surface area contributed by atoms with Crippen LogP contribution in [0.2, 0.25) is 0 Å². The van der Waals surface area contributed by atoms with Gasteiger partial charge in [0.15, 0.2) is 8.46 Å². The van der Waals surface area contributed by atoms with Crippen molar-refractivity contribution in [3.8, 4) is 0 Å². The zero-order chi connectivity index (χ0) is 3.41. The molecule has 0 unspecified atom stereocenters. The minimum absolute atomic E-state index is 0.113. The van der Waals surface area contributed by atoms with E-state index in [0.717, 1.165) is 0 Å². The van der Waals surface area contributed by atoms with Crippen LogP contribution in [0.3, 0.4) is 0 Å². The van der Waals surface area contributed by atoms with Crippen molar-refractivity contribution in [2.75, 3.05) is 5.49 Å². The van der Waals surface area contributed by atoms with Gasteiger partial charge in [0.2, 0.25) is 0 Å². The van der Waals surface area contributed by atoms with Gasteiger partial charge < -0.3 is 0 Å². The summed E-state index contributed by atoms with van der Waals surface area (Å²) >= 11 is 3.60. The summed E-state index contributed by atoms with van der Waals surface area (Å²) in [4.78, 5) is 0. The van der Waals surface area contributed by atoms with Crippen LogP contribution in [0.1, 0.15) is 0 Å². The molecule has 24 valence electrons. The highest BCUT2D eigenvalue weighted by atomic mass is 32.1. The topological polar surface area (TPSA) is 17.1 Å². The van der Waals surface area contributed by atoms with Crippen LogP contribution >= 0.6 is 21.1 Å². The zero-order valence-corrected chi connectivity index (χ0v) is 3.80. The van der Waals surface area contributed by atoms with E-state index in [9.17, 15) is 4.57 Å². The van der Waals surface area contributed by atoms with Gasteiger partial charge in [-0.1, -0.05) is 0 Å². The largest absolute Gasteiger partial charge is 0.274 e. The molecular weight excluding hydrogens is 91.1 g/mol. The Morgan fingerprint density at radius 1 is 2.00 bits per heavy atom. The van der Waals surface area contributed by atoms with Crippen molar-refractivity contribution in [3.05, 3.63) is 0 Å². The van der Waals surface area contributed by atoms with E-state index in [-0.39, 0.29) is 8.46 Å². The molecule has 0 N–H and O–H groups in total. The molecule has 0 aliphatic carbocycles. The van der Waals surface area contributed by atoms with Crippen molar-refractivity contribution in [2.24, 2.45) is 0 Å². The van der Waals surface area contributed by atoms with Gasteiger partial charge in [0.25, 0.3) is 0 Å². The summed E-state index contributed by atoms with van der Waals surface area (Å²) in [5, 5.41) is 0. The summed E-state index contributed by atoms with van der Waals surface area (Å²) in [6.45, 7) is 0. The Bertz CT molecular complexity index is 22.0. The Balaban J connectivity index is 2.30. The fourth-order valence-electron chi connectivity index (χ4n) is 0. The first-order valence-electron chi connectivity index (χ1n) is 0.815. The van der Waals surface area contributed by atoms with E-state index in [4.69, 9.17) is 0 Å². The minimum Gasteiger partial charge on any atom is -0.274 e. The average molecular weight is 94.1 g/mol. The second-order valence-electron chi connectivity index (χ2n) is 0.271. The normalized spacial score (nSPS) is 8.25. The van der Waals surface area contributed by atoms with E-state index in [1.54, 1.807) is 0 Å². The van der Waals surface area contributed by atoms with Gasteiger partial charge in [-0.05, 0) is 0 Å². The summed E-state index contributed by atoms with van der Waals surface area (Å²) in [7, 11) is 0.113. The number of hydrogen-bond acceptors (Lipinski definition) is 2. The minimum atomic E-state index is 0.113. The molecule has 0 spiro atoms. The van der Waals surface area contributed by atoms with Crippen molar-refractivity contribution in [1.82, 2.24) is 0 Å². The Morgan fingerprint density at radius 2 is 2.25 bits per heavy atom. The van der Waals surface area contributed by atoms with Crippen molar-refractivity contribution in [3.63, 3.8) is 0 Å². The SMILES string of the molecule is O=PCS. The molecule has 0 aromatic rings. The molecule has 0 radical (unpaired) electrons. The van der Waals surface area contributed by atoms with Crippen molar-refractivity contribution >= 4 is 21.1 Å². The molecule has 0 fully saturated rings. The maximum Gasteiger partial charge on any atom is 0.165 e. The Kier molecular flexibility index (Phi) is 3.84. The van der Waals surface area contributed by atoms with Crippen LogP contribution in [0.15, 0.2) is 0 Å². The number of hydrogen-bond donors (Lipinski definition) is 1. The molecule has 0 saturated carbocycles. The fourth-order valence-corrected chi connectivity index (χ4v) is 0. The first-order valence-corrected chi connectivity index (χ1v) is 2.45. The summed E-state index contributed by atoms with van der Waals surface area (Å²) in [5.41, 5.74) is 0.431. The third-order valence-electron chi connectivity index (χ3n) is 0.0577. The Labute approximate surface area is 32.0 Å². The number of rotatable bonds is 1. The lowest BCUT2D eigenvalue weighted by molar-refractivity contribution is 0.601. The van der Waals surface area contributed by atoms with Crippen LogP contribution in [0.5, 0.6) is 0 Å². The molecule has 0 rings (SSSR count). The van der Waals surface area contributed by atoms with Gasteiger partial charge in [0.05, 0.1) is 5.49 Å². The van der Waals surface area contributed by atoms with E-state index < -0.39 is 0 Å². The van der Waals surface area contributed by atoms with Gasteiger partial charge in [0, 0.05) is 0 Å². The quantitative estimate of drug-likeness (QED) is 0.381. The molecule has 0 aromatic carbocycles. The summed E-state index contributed by atoms with van der Waals surface area (Å²) in [5.74, 6) is 0. The lowest BCUT2D eigenvalue weighted by Crippen LogP contribution is -1.29. The van der Waals surface area contributed by atoms with Gasteiger partial charge in [-0.25, -0.2) is 0 Å². The fraction of sp³-hybridized carbons (Fsp3) is 1.00. The van der Waals surface area contributed by atoms with E-state index in [0.29, 0.717) is 5.49 Å². The smallest absolute Gasteiger partial charge is 0.165 e. The lowest BCUT2D eigenvalue weighted by Gasteiger charge is -1.49. The lowest BCUT2D eigenvalue weighted by atomic mass is 11.9. The standard InChI is InChI=1S/CH3OPS/c2-3-1-4/h4H,1H2. The average Bonchev–Trinajstić information content (AvgIpc) is 1.37. The molecule has 0 saturated heterocycles. The predicted octanol–water partition coefficient (Wildman–Crippen LogP) is 1.17. The highest BCUT2D eigenvalue weighted by Gasteiger charge is 1.55. The zero-order valence-electron chi connectivity index (χ0n) is 2.01. The van der Waals surface area contributed by atoms with Gasteiger partial charge in [-0.3, -0.25) is 4.57 Å². The summed E-state index contributed by atoms with van der Waals surface area (Å²) in [6, 6.07) is 0. The molecule has 1 nitrogen and oxygen atoms in total. The first-order chi connectivity index (χ1) is 1.91. The second kappa shape index (κ2) is 3.45. The molecule has 0 atom stereocenters. The van der Waals surface area contributed by atoms with Crippen LogP contribution in [-0.4, -0.2) is 5.49 Å². The van der Waals surface area contributed by atoms with Gasteiger partial charge in [-0.15, -0.1) is 0 Å². The molecule has 0 amide bonds. The molecule has 0 bridgehead atoms. The Hall–Kier alpha value is 0.450. The first kappa shape index (κ1) is 4.45.